The number of aromatic nitrogens is 2. The van der Waals surface area contributed by atoms with Crippen LogP contribution in [0.3, 0.4) is 0 Å². The van der Waals surface area contributed by atoms with Gasteiger partial charge in [-0.2, -0.15) is 16.9 Å². The molecule has 1 aliphatic rings. The molecule has 1 aromatic heterocycles. The van der Waals surface area contributed by atoms with Gasteiger partial charge in [0.05, 0.1) is 5.75 Å². The van der Waals surface area contributed by atoms with Crippen LogP contribution in [-0.4, -0.2) is 26.6 Å². The van der Waals surface area contributed by atoms with Crippen LogP contribution in [0.15, 0.2) is 12.3 Å². The number of hydrogen-bond acceptors (Lipinski definition) is 3. The first-order valence-electron chi connectivity index (χ1n) is 6.86. The van der Waals surface area contributed by atoms with E-state index in [2.05, 4.69) is 5.10 Å². The molecule has 1 heterocycles. The lowest BCUT2D eigenvalue weighted by Gasteiger charge is -2.20. The Morgan fingerprint density at radius 2 is 2.22 bits per heavy atom. The SMILES string of the molecule is Cn1nccc1CCC(=O)CSC1CCCCC1. The predicted octanol–water partition coefficient (Wildman–Crippen LogP) is 2.99. The molecule has 1 aromatic rings. The van der Waals surface area contributed by atoms with E-state index in [4.69, 9.17) is 0 Å². The normalized spacial score (nSPS) is 16.9. The van der Waals surface area contributed by atoms with Crippen molar-refractivity contribution in [2.75, 3.05) is 5.75 Å². The molecule has 0 radical (unpaired) electrons. The highest BCUT2D eigenvalue weighted by Gasteiger charge is 2.15. The summed E-state index contributed by atoms with van der Waals surface area (Å²) in [6.07, 6.45) is 9.95. The third-order valence-corrected chi connectivity index (χ3v) is 5.05. The Morgan fingerprint density at radius 3 is 2.89 bits per heavy atom. The third kappa shape index (κ3) is 4.16. The summed E-state index contributed by atoms with van der Waals surface area (Å²) in [5.41, 5.74) is 1.14. The van der Waals surface area contributed by atoms with Crippen molar-refractivity contribution < 1.29 is 4.79 Å². The Labute approximate surface area is 113 Å². The standard InChI is InChI=1S/C14H22N2OS/c1-16-12(9-10-15-16)7-8-13(17)11-18-14-5-3-2-4-6-14/h9-10,14H,2-8,11H2,1H3. The van der Waals surface area contributed by atoms with Crippen molar-refractivity contribution in [1.82, 2.24) is 9.78 Å². The average molecular weight is 266 g/mol. The van der Waals surface area contributed by atoms with Gasteiger partial charge < -0.3 is 0 Å². The zero-order chi connectivity index (χ0) is 12.8. The van der Waals surface area contributed by atoms with Crippen LogP contribution in [0.2, 0.25) is 0 Å². The summed E-state index contributed by atoms with van der Waals surface area (Å²) in [5, 5.41) is 4.85. The molecule has 0 saturated heterocycles. The second-order valence-corrected chi connectivity index (χ2v) is 6.34. The minimum absolute atomic E-state index is 0.381. The van der Waals surface area contributed by atoms with Crippen LogP contribution in [0, 0.1) is 0 Å². The summed E-state index contributed by atoms with van der Waals surface area (Å²) in [6.45, 7) is 0. The Hall–Kier alpha value is -0.770. The zero-order valence-corrected chi connectivity index (χ0v) is 11.9. The van der Waals surface area contributed by atoms with Gasteiger partial charge in [0.2, 0.25) is 0 Å². The Kier molecular flexibility index (Phi) is 5.29. The first-order valence-corrected chi connectivity index (χ1v) is 7.91. The molecule has 0 aromatic carbocycles. The summed E-state index contributed by atoms with van der Waals surface area (Å²) in [7, 11) is 1.93. The molecule has 0 unspecified atom stereocenters. The van der Waals surface area contributed by atoms with Crippen LogP contribution in [0.5, 0.6) is 0 Å². The highest BCUT2D eigenvalue weighted by molar-refractivity contribution is 8.00. The maximum atomic E-state index is 11.8. The summed E-state index contributed by atoms with van der Waals surface area (Å²) >= 11 is 1.87. The molecule has 0 atom stereocenters. The molecule has 1 fully saturated rings. The van der Waals surface area contributed by atoms with E-state index in [0.717, 1.165) is 17.4 Å². The number of nitrogens with zero attached hydrogens (tertiary/aromatic N) is 2. The summed E-state index contributed by atoms with van der Waals surface area (Å²) in [4.78, 5) is 11.8. The predicted molar refractivity (Wildman–Crippen MR) is 75.9 cm³/mol. The first kappa shape index (κ1) is 13.7. The van der Waals surface area contributed by atoms with Crippen molar-refractivity contribution in [3.63, 3.8) is 0 Å². The number of thioether (sulfide) groups is 1. The van der Waals surface area contributed by atoms with Gasteiger partial charge in [0.1, 0.15) is 5.78 Å². The molecule has 1 aliphatic carbocycles. The summed E-state index contributed by atoms with van der Waals surface area (Å²) in [6, 6.07) is 1.99. The molecule has 4 heteroatoms. The molecule has 1 saturated carbocycles. The van der Waals surface area contributed by atoms with Gasteiger partial charge in [-0.25, -0.2) is 0 Å². The van der Waals surface area contributed by atoms with E-state index in [1.807, 2.05) is 29.6 Å². The second-order valence-electron chi connectivity index (χ2n) is 5.06. The van der Waals surface area contributed by atoms with Crippen molar-refractivity contribution in [2.24, 2.45) is 7.05 Å². The fourth-order valence-corrected chi connectivity index (χ4v) is 3.66. The van der Waals surface area contributed by atoms with Gasteiger partial charge in [-0.3, -0.25) is 9.48 Å². The van der Waals surface area contributed by atoms with Crippen LogP contribution in [0.4, 0.5) is 0 Å². The van der Waals surface area contributed by atoms with Crippen LogP contribution in [0.25, 0.3) is 0 Å². The van der Waals surface area contributed by atoms with E-state index in [0.29, 0.717) is 18.0 Å². The number of carbonyl (C=O) groups is 1. The molecule has 3 nitrogen and oxygen atoms in total. The molecule has 18 heavy (non-hydrogen) atoms. The van der Waals surface area contributed by atoms with Crippen LogP contribution >= 0.6 is 11.8 Å². The molecule has 2 rings (SSSR count). The molecule has 0 amide bonds. The summed E-state index contributed by atoms with van der Waals surface area (Å²) < 4.78 is 1.85. The molecule has 0 spiro atoms. The first-order chi connectivity index (χ1) is 8.75. The van der Waals surface area contributed by atoms with Crippen molar-refractivity contribution in [2.45, 2.75) is 50.2 Å². The third-order valence-electron chi connectivity index (χ3n) is 3.61. The molecule has 100 valence electrons. The number of Topliss-reactive ketones (excluding diaryl/α,β-unsaturated/α-hetero) is 1. The quantitative estimate of drug-likeness (QED) is 0.794. The molecular formula is C14H22N2OS. The maximum absolute atomic E-state index is 11.8. The van der Waals surface area contributed by atoms with E-state index < -0.39 is 0 Å². The second kappa shape index (κ2) is 6.98. The smallest absolute Gasteiger partial charge is 0.143 e. The van der Waals surface area contributed by atoms with Gasteiger partial charge in [0.25, 0.3) is 0 Å². The average Bonchev–Trinajstić information content (AvgIpc) is 2.81. The van der Waals surface area contributed by atoms with E-state index >= 15 is 0 Å². The minimum atomic E-state index is 0.381. The van der Waals surface area contributed by atoms with Crippen molar-refractivity contribution in [3.8, 4) is 0 Å². The van der Waals surface area contributed by atoms with Gasteiger partial charge in [-0.1, -0.05) is 19.3 Å². The Bertz CT molecular complexity index is 383. The van der Waals surface area contributed by atoms with E-state index in [1.165, 1.54) is 32.1 Å². The van der Waals surface area contributed by atoms with Gasteiger partial charge in [0, 0.05) is 30.6 Å². The Balaban J connectivity index is 1.64. The van der Waals surface area contributed by atoms with E-state index in [1.54, 1.807) is 6.20 Å². The molecule has 0 N–H and O–H groups in total. The van der Waals surface area contributed by atoms with E-state index in [-0.39, 0.29) is 0 Å². The maximum Gasteiger partial charge on any atom is 0.143 e. The van der Waals surface area contributed by atoms with Crippen LogP contribution in [-0.2, 0) is 18.3 Å². The zero-order valence-electron chi connectivity index (χ0n) is 11.1. The van der Waals surface area contributed by atoms with Gasteiger partial charge in [-0.15, -0.1) is 0 Å². The minimum Gasteiger partial charge on any atom is -0.299 e. The fourth-order valence-electron chi connectivity index (χ4n) is 2.43. The lowest BCUT2D eigenvalue weighted by molar-refractivity contribution is -0.116. The number of ketones is 1. The number of carbonyl (C=O) groups excluding carboxylic acids is 1. The van der Waals surface area contributed by atoms with Crippen molar-refractivity contribution in [3.05, 3.63) is 18.0 Å². The number of hydrogen-bond donors (Lipinski definition) is 0. The van der Waals surface area contributed by atoms with Crippen molar-refractivity contribution in [1.29, 1.82) is 0 Å². The highest BCUT2D eigenvalue weighted by Crippen LogP contribution is 2.28. The molecule has 0 bridgehead atoms. The lowest BCUT2D eigenvalue weighted by atomic mass is 10.0. The monoisotopic (exact) mass is 266 g/mol. The van der Waals surface area contributed by atoms with E-state index in [9.17, 15) is 4.79 Å². The highest BCUT2D eigenvalue weighted by atomic mass is 32.2. The van der Waals surface area contributed by atoms with Crippen LogP contribution in [0.1, 0.15) is 44.2 Å². The van der Waals surface area contributed by atoms with Gasteiger partial charge in [-0.05, 0) is 25.3 Å². The lowest BCUT2D eigenvalue weighted by Crippen LogP contribution is -2.13. The van der Waals surface area contributed by atoms with Crippen molar-refractivity contribution >= 4 is 17.5 Å². The fraction of sp³-hybridized carbons (Fsp3) is 0.714. The van der Waals surface area contributed by atoms with Gasteiger partial charge in [0.15, 0.2) is 0 Å². The number of rotatable bonds is 6. The van der Waals surface area contributed by atoms with Crippen LogP contribution < -0.4 is 0 Å². The Morgan fingerprint density at radius 1 is 1.44 bits per heavy atom. The topological polar surface area (TPSA) is 34.9 Å². The summed E-state index contributed by atoms with van der Waals surface area (Å²) in [5.74, 6) is 1.08. The molecule has 0 aliphatic heterocycles. The molecular weight excluding hydrogens is 244 g/mol. The van der Waals surface area contributed by atoms with Gasteiger partial charge >= 0.3 is 0 Å². The largest absolute Gasteiger partial charge is 0.299 e. The number of aryl methyl sites for hydroxylation is 2.